The molecule has 0 fully saturated rings. The van der Waals surface area contributed by atoms with Crippen molar-refractivity contribution in [3.63, 3.8) is 0 Å². The maximum absolute atomic E-state index is 11.2. The Labute approximate surface area is 124 Å². The summed E-state index contributed by atoms with van der Waals surface area (Å²) >= 11 is 9.91. The van der Waals surface area contributed by atoms with Gasteiger partial charge in [-0.05, 0) is 12.8 Å². The van der Waals surface area contributed by atoms with E-state index in [-0.39, 0.29) is 0 Å². The quantitative estimate of drug-likeness (QED) is 0.246. The largest absolute Gasteiger partial charge is 0.759 e. The van der Waals surface area contributed by atoms with E-state index >= 15 is 0 Å². The molecule has 0 aromatic heterocycles. The van der Waals surface area contributed by atoms with Gasteiger partial charge in [-0.2, -0.15) is 0 Å². The van der Waals surface area contributed by atoms with E-state index < -0.39 is 22.3 Å². The first-order valence-electron chi connectivity index (χ1n) is 6.70. The minimum Gasteiger partial charge on any atom is -0.759 e. The van der Waals surface area contributed by atoms with Gasteiger partial charge < -0.3 is 4.55 Å². The van der Waals surface area contributed by atoms with Crippen LogP contribution >= 0.6 is 23.2 Å². The molecule has 3 unspecified atom stereocenters. The zero-order valence-corrected chi connectivity index (χ0v) is 13.6. The van der Waals surface area contributed by atoms with Crippen LogP contribution in [0.25, 0.3) is 0 Å². The summed E-state index contributed by atoms with van der Waals surface area (Å²) in [6.07, 6.45) is 7.46. The van der Waals surface area contributed by atoms with Gasteiger partial charge in [-0.25, -0.2) is 4.31 Å². The Hall–Kier alpha value is 0.650. The minimum atomic E-state index is -2.35. The second-order valence-corrected chi connectivity index (χ2v) is 6.30. The average Bonchev–Trinajstić information content (AvgIpc) is 2.29. The molecule has 0 saturated carbocycles. The van der Waals surface area contributed by atoms with E-state index in [0.29, 0.717) is 12.8 Å². The first kappa shape index (κ1) is 18.7. The Bertz CT molecular complexity index is 216. The second-order valence-electron chi connectivity index (χ2n) is 4.44. The van der Waals surface area contributed by atoms with E-state index in [0.717, 1.165) is 38.5 Å². The summed E-state index contributed by atoms with van der Waals surface area (Å²) in [4.78, 5) is 0. The fourth-order valence-corrected chi connectivity index (χ4v) is 3.36. The van der Waals surface area contributed by atoms with Crippen LogP contribution in [0.5, 0.6) is 0 Å². The topological polar surface area (TPSA) is 43.4 Å². The van der Waals surface area contributed by atoms with E-state index in [1.165, 1.54) is 4.31 Å². The zero-order valence-electron chi connectivity index (χ0n) is 11.2. The molecular formula is C12H24Cl2NO2S-. The lowest BCUT2D eigenvalue weighted by Gasteiger charge is -2.32. The van der Waals surface area contributed by atoms with Gasteiger partial charge in [0.2, 0.25) is 0 Å². The molecule has 0 radical (unpaired) electrons. The van der Waals surface area contributed by atoms with Crippen LogP contribution in [-0.2, 0) is 11.3 Å². The molecular weight excluding hydrogens is 293 g/mol. The van der Waals surface area contributed by atoms with Gasteiger partial charge in [0.25, 0.3) is 0 Å². The summed E-state index contributed by atoms with van der Waals surface area (Å²) in [7, 11) is 0. The highest BCUT2D eigenvalue weighted by Gasteiger charge is 2.23. The highest BCUT2D eigenvalue weighted by Crippen LogP contribution is 2.23. The molecule has 0 rings (SSSR count). The molecule has 0 spiro atoms. The molecule has 0 bridgehead atoms. The van der Waals surface area contributed by atoms with Gasteiger partial charge in [-0.15, -0.1) is 23.2 Å². The highest BCUT2D eigenvalue weighted by molar-refractivity contribution is 7.76. The molecule has 0 aromatic rings. The molecule has 0 aliphatic rings. The maximum atomic E-state index is 11.2. The molecule has 0 aliphatic heterocycles. The van der Waals surface area contributed by atoms with Gasteiger partial charge in [0.1, 0.15) is 0 Å². The number of hydrogen-bond acceptors (Lipinski definition) is 2. The Morgan fingerprint density at radius 2 is 1.39 bits per heavy atom. The first-order chi connectivity index (χ1) is 8.54. The third-order valence-corrected chi connectivity index (χ3v) is 4.76. The molecule has 18 heavy (non-hydrogen) atoms. The van der Waals surface area contributed by atoms with Crippen LogP contribution in [0.1, 0.15) is 65.2 Å². The van der Waals surface area contributed by atoms with E-state index in [1.807, 2.05) is 0 Å². The predicted molar refractivity (Wildman–Crippen MR) is 78.3 cm³/mol. The van der Waals surface area contributed by atoms with Crippen molar-refractivity contribution in [1.29, 1.82) is 0 Å². The van der Waals surface area contributed by atoms with E-state index in [2.05, 4.69) is 13.8 Å². The minimum absolute atomic E-state index is 0.529. The van der Waals surface area contributed by atoms with Crippen molar-refractivity contribution in [2.24, 2.45) is 0 Å². The third-order valence-electron chi connectivity index (χ3n) is 2.82. The van der Waals surface area contributed by atoms with Gasteiger partial charge in [-0.1, -0.05) is 52.4 Å². The SMILES string of the molecule is CCCCCC(Cl)N(C(Cl)CCCCC)S(=O)[O-]. The highest BCUT2D eigenvalue weighted by atomic mass is 35.5. The fraction of sp³-hybridized carbons (Fsp3) is 1.00. The molecule has 0 aromatic carbocycles. The zero-order chi connectivity index (χ0) is 14.0. The van der Waals surface area contributed by atoms with Gasteiger partial charge in [0, 0.05) is 11.3 Å². The van der Waals surface area contributed by atoms with Crippen molar-refractivity contribution < 1.29 is 8.76 Å². The first-order valence-corrected chi connectivity index (χ1v) is 8.60. The van der Waals surface area contributed by atoms with Gasteiger partial charge in [0.05, 0.1) is 11.0 Å². The molecule has 0 saturated heterocycles. The number of nitrogens with zero attached hydrogens (tertiary/aromatic N) is 1. The van der Waals surface area contributed by atoms with E-state index in [1.54, 1.807) is 0 Å². The molecule has 0 amide bonds. The van der Waals surface area contributed by atoms with Crippen LogP contribution in [0.15, 0.2) is 0 Å². The number of hydrogen-bond donors (Lipinski definition) is 0. The predicted octanol–water partition coefficient (Wildman–Crippen LogP) is 4.37. The Balaban J connectivity index is 4.21. The van der Waals surface area contributed by atoms with E-state index in [9.17, 15) is 8.76 Å². The van der Waals surface area contributed by atoms with Crippen molar-refractivity contribution >= 4 is 34.5 Å². The van der Waals surface area contributed by atoms with Gasteiger partial charge in [0.15, 0.2) is 0 Å². The maximum Gasteiger partial charge on any atom is 0.0972 e. The Kier molecular flexibility index (Phi) is 11.9. The van der Waals surface area contributed by atoms with Crippen LogP contribution in [0.4, 0.5) is 0 Å². The lowest BCUT2D eigenvalue weighted by atomic mass is 10.2. The Morgan fingerprint density at radius 1 is 1.00 bits per heavy atom. The van der Waals surface area contributed by atoms with Crippen molar-refractivity contribution in [1.82, 2.24) is 4.31 Å². The molecule has 0 N–H and O–H groups in total. The molecule has 0 aliphatic carbocycles. The number of unbranched alkanes of at least 4 members (excludes halogenated alkanes) is 4. The lowest BCUT2D eigenvalue weighted by Crippen LogP contribution is -2.39. The molecule has 0 heterocycles. The number of alkyl halides is 2. The summed E-state index contributed by atoms with van der Waals surface area (Å²) in [6.45, 7) is 4.20. The van der Waals surface area contributed by atoms with Crippen LogP contribution in [0.2, 0.25) is 0 Å². The van der Waals surface area contributed by atoms with Gasteiger partial charge >= 0.3 is 0 Å². The lowest BCUT2D eigenvalue weighted by molar-refractivity contribution is 0.318. The smallest absolute Gasteiger partial charge is 0.0972 e. The molecule has 3 nitrogen and oxygen atoms in total. The molecule has 3 atom stereocenters. The van der Waals surface area contributed by atoms with Crippen LogP contribution in [0, 0.1) is 0 Å². The van der Waals surface area contributed by atoms with Crippen molar-refractivity contribution in [2.45, 2.75) is 76.2 Å². The summed E-state index contributed by atoms with van der Waals surface area (Å²) in [6, 6.07) is 0. The van der Waals surface area contributed by atoms with Crippen molar-refractivity contribution in [3.8, 4) is 0 Å². The van der Waals surface area contributed by atoms with Gasteiger partial charge in [-0.3, -0.25) is 4.21 Å². The Morgan fingerprint density at radius 3 is 1.67 bits per heavy atom. The standard InChI is InChI=1S/C12H25Cl2NO2S/c1-3-5-7-9-11(13)15(18(16)17)12(14)10-8-6-4-2/h11-12H,3-10H2,1-2H3,(H,16,17)/p-1. The number of rotatable bonds is 11. The summed E-state index contributed by atoms with van der Waals surface area (Å²) in [5.41, 5.74) is -1.06. The second kappa shape index (κ2) is 11.5. The third kappa shape index (κ3) is 7.95. The summed E-state index contributed by atoms with van der Waals surface area (Å²) < 4.78 is 23.6. The summed E-state index contributed by atoms with van der Waals surface area (Å²) in [5, 5.41) is 0. The molecule has 110 valence electrons. The van der Waals surface area contributed by atoms with Crippen molar-refractivity contribution in [3.05, 3.63) is 0 Å². The summed E-state index contributed by atoms with van der Waals surface area (Å²) in [5.74, 6) is 0. The molecule has 6 heteroatoms. The van der Waals surface area contributed by atoms with Crippen LogP contribution in [0.3, 0.4) is 0 Å². The van der Waals surface area contributed by atoms with Crippen LogP contribution in [-0.4, -0.2) is 24.1 Å². The van der Waals surface area contributed by atoms with Crippen molar-refractivity contribution in [2.75, 3.05) is 0 Å². The average molecular weight is 317 g/mol. The normalized spacial score (nSPS) is 16.8. The van der Waals surface area contributed by atoms with E-state index in [4.69, 9.17) is 23.2 Å². The van der Waals surface area contributed by atoms with Crippen LogP contribution < -0.4 is 0 Å². The fourth-order valence-electron chi connectivity index (χ4n) is 1.74. The monoisotopic (exact) mass is 316 g/mol. The number of halogens is 2.